The molecule has 1 aromatic carbocycles. The van der Waals surface area contributed by atoms with Gasteiger partial charge in [-0.2, -0.15) is 0 Å². The topological polar surface area (TPSA) is 13.1 Å². The molecule has 0 aliphatic carbocycles. The van der Waals surface area contributed by atoms with E-state index in [1.807, 2.05) is 26.0 Å². The first kappa shape index (κ1) is 9.10. The predicted molar refractivity (Wildman–Crippen MR) is 58.4 cm³/mol. The summed E-state index contributed by atoms with van der Waals surface area (Å²) in [5, 5.41) is 1.77. The number of rotatable bonds is 0. The minimum Gasteiger partial charge on any atom is -0.447 e. The van der Waals surface area contributed by atoms with Crippen LogP contribution < -0.4 is 0 Å². The first-order chi connectivity index (χ1) is 6.11. The maximum atomic E-state index is 6.00. The van der Waals surface area contributed by atoms with E-state index in [-0.39, 0.29) is 0 Å². The van der Waals surface area contributed by atoms with Gasteiger partial charge in [-0.25, -0.2) is 0 Å². The Bertz CT molecular complexity index is 473. The molecule has 0 atom stereocenters. The largest absolute Gasteiger partial charge is 0.447 e. The van der Waals surface area contributed by atoms with E-state index >= 15 is 0 Å². The zero-order valence-electron chi connectivity index (χ0n) is 7.32. The number of hydrogen-bond donors (Lipinski definition) is 0. The Morgan fingerprint density at radius 1 is 1.31 bits per heavy atom. The summed E-state index contributed by atoms with van der Waals surface area (Å²) in [7, 11) is 0. The highest BCUT2D eigenvalue weighted by Crippen LogP contribution is 2.35. The van der Waals surface area contributed by atoms with Gasteiger partial charge in [0.15, 0.2) is 10.3 Å². The number of furan rings is 1. The molecule has 2 rings (SSSR count). The number of fused-ring (bicyclic) bond motifs is 1. The van der Waals surface area contributed by atoms with E-state index in [9.17, 15) is 0 Å². The van der Waals surface area contributed by atoms with Gasteiger partial charge in [0.1, 0.15) is 0 Å². The van der Waals surface area contributed by atoms with Crippen LogP contribution in [0.4, 0.5) is 0 Å². The molecular formula is C10H8BrClO. The third-order valence-corrected chi connectivity index (χ3v) is 3.23. The molecule has 1 nitrogen and oxygen atoms in total. The highest BCUT2D eigenvalue weighted by molar-refractivity contribution is 9.10. The van der Waals surface area contributed by atoms with Crippen LogP contribution in [0.1, 0.15) is 11.1 Å². The third kappa shape index (κ3) is 1.29. The van der Waals surface area contributed by atoms with Gasteiger partial charge in [-0.15, -0.1) is 0 Å². The third-order valence-electron chi connectivity index (χ3n) is 2.18. The van der Waals surface area contributed by atoms with Crippen molar-refractivity contribution in [3.63, 3.8) is 0 Å². The van der Waals surface area contributed by atoms with Crippen LogP contribution in [-0.2, 0) is 0 Å². The Kier molecular flexibility index (Phi) is 2.12. The molecule has 13 heavy (non-hydrogen) atoms. The average molecular weight is 260 g/mol. The van der Waals surface area contributed by atoms with Crippen LogP contribution in [0.25, 0.3) is 11.0 Å². The van der Waals surface area contributed by atoms with Gasteiger partial charge in [0.25, 0.3) is 0 Å². The fourth-order valence-electron chi connectivity index (χ4n) is 1.49. The van der Waals surface area contributed by atoms with Crippen molar-refractivity contribution in [3.8, 4) is 0 Å². The van der Waals surface area contributed by atoms with Crippen LogP contribution in [0, 0.1) is 13.8 Å². The fourth-order valence-corrected chi connectivity index (χ4v) is 2.04. The molecule has 2 aromatic rings. The second-order valence-electron chi connectivity index (χ2n) is 3.07. The first-order valence-corrected chi connectivity index (χ1v) is 5.12. The van der Waals surface area contributed by atoms with Gasteiger partial charge in [0.2, 0.25) is 0 Å². The van der Waals surface area contributed by atoms with Crippen molar-refractivity contribution in [3.05, 3.63) is 33.0 Å². The van der Waals surface area contributed by atoms with Crippen LogP contribution in [0.2, 0.25) is 5.02 Å². The molecule has 0 spiro atoms. The second kappa shape index (κ2) is 3.03. The first-order valence-electron chi connectivity index (χ1n) is 3.95. The molecule has 0 amide bonds. The quantitative estimate of drug-likeness (QED) is 0.680. The summed E-state index contributed by atoms with van der Waals surface area (Å²) in [6.07, 6.45) is 0. The summed E-state index contributed by atoms with van der Waals surface area (Å²) >= 11 is 9.35. The maximum absolute atomic E-state index is 6.00. The van der Waals surface area contributed by atoms with E-state index in [0.29, 0.717) is 5.02 Å². The van der Waals surface area contributed by atoms with Crippen LogP contribution in [0.3, 0.4) is 0 Å². The molecule has 3 heteroatoms. The lowest BCUT2D eigenvalue weighted by molar-refractivity contribution is 0.584. The number of hydrogen-bond acceptors (Lipinski definition) is 1. The normalized spacial score (nSPS) is 11.1. The lowest BCUT2D eigenvalue weighted by atomic mass is 10.1. The Balaban J connectivity index is 3.00. The Morgan fingerprint density at radius 3 is 2.62 bits per heavy atom. The molecule has 0 bridgehead atoms. The summed E-state index contributed by atoms with van der Waals surface area (Å²) < 4.78 is 6.26. The van der Waals surface area contributed by atoms with Crippen LogP contribution in [0.5, 0.6) is 0 Å². The monoisotopic (exact) mass is 258 g/mol. The molecule has 1 aromatic heterocycles. The smallest absolute Gasteiger partial charge is 0.173 e. The average Bonchev–Trinajstić information content (AvgIpc) is 2.38. The van der Waals surface area contributed by atoms with E-state index in [1.165, 1.54) is 5.56 Å². The molecule has 0 radical (unpaired) electrons. The van der Waals surface area contributed by atoms with E-state index < -0.39 is 0 Å². The molecule has 0 N–H and O–H groups in total. The van der Waals surface area contributed by atoms with Gasteiger partial charge in [0, 0.05) is 10.9 Å². The van der Waals surface area contributed by atoms with Gasteiger partial charge >= 0.3 is 0 Å². The van der Waals surface area contributed by atoms with Gasteiger partial charge in [0.05, 0.1) is 5.02 Å². The van der Waals surface area contributed by atoms with Crippen molar-refractivity contribution in [1.82, 2.24) is 0 Å². The molecule has 68 valence electrons. The van der Waals surface area contributed by atoms with Crippen molar-refractivity contribution in [1.29, 1.82) is 0 Å². The SMILES string of the molecule is Cc1ccc(Cl)c2oc(Br)c(C)c12. The summed E-state index contributed by atoms with van der Waals surface area (Å²) in [5.74, 6) is 0. The van der Waals surface area contributed by atoms with Crippen LogP contribution >= 0.6 is 27.5 Å². The van der Waals surface area contributed by atoms with Crippen molar-refractivity contribution < 1.29 is 4.42 Å². The number of halogens is 2. The van der Waals surface area contributed by atoms with Gasteiger partial charge in [-0.3, -0.25) is 0 Å². The zero-order valence-corrected chi connectivity index (χ0v) is 9.66. The summed E-state index contributed by atoms with van der Waals surface area (Å²) in [5.41, 5.74) is 3.06. The molecule has 0 aliphatic rings. The molecule has 0 saturated heterocycles. The Morgan fingerprint density at radius 2 is 2.00 bits per heavy atom. The van der Waals surface area contributed by atoms with Crippen molar-refractivity contribution in [2.24, 2.45) is 0 Å². The van der Waals surface area contributed by atoms with Crippen molar-refractivity contribution in [2.45, 2.75) is 13.8 Å². The number of benzene rings is 1. The summed E-state index contributed by atoms with van der Waals surface area (Å²) in [6, 6.07) is 3.86. The van der Waals surface area contributed by atoms with Crippen LogP contribution in [-0.4, -0.2) is 0 Å². The van der Waals surface area contributed by atoms with E-state index in [2.05, 4.69) is 15.9 Å². The van der Waals surface area contributed by atoms with Gasteiger partial charge in [-0.1, -0.05) is 17.7 Å². The highest BCUT2D eigenvalue weighted by Gasteiger charge is 2.12. The highest BCUT2D eigenvalue weighted by atomic mass is 79.9. The molecule has 1 heterocycles. The Hall–Kier alpha value is -0.470. The summed E-state index contributed by atoms with van der Waals surface area (Å²) in [4.78, 5) is 0. The standard InChI is InChI=1S/C10H8BrClO/c1-5-3-4-7(12)9-8(5)6(2)10(11)13-9/h3-4H,1-2H3. The fraction of sp³-hybridized carbons (Fsp3) is 0.200. The maximum Gasteiger partial charge on any atom is 0.173 e. The zero-order chi connectivity index (χ0) is 9.59. The van der Waals surface area contributed by atoms with Gasteiger partial charge in [-0.05, 0) is 41.4 Å². The van der Waals surface area contributed by atoms with Crippen LogP contribution in [0.15, 0.2) is 21.2 Å². The molecule has 0 saturated carbocycles. The lowest BCUT2D eigenvalue weighted by Gasteiger charge is -1.96. The van der Waals surface area contributed by atoms with Crippen molar-refractivity contribution >= 4 is 38.5 Å². The second-order valence-corrected chi connectivity index (χ2v) is 4.20. The van der Waals surface area contributed by atoms with Gasteiger partial charge < -0.3 is 4.42 Å². The Labute approximate surface area is 89.8 Å². The predicted octanol–water partition coefficient (Wildman–Crippen LogP) is 4.47. The molecule has 0 fully saturated rings. The number of aryl methyl sites for hydroxylation is 2. The van der Waals surface area contributed by atoms with E-state index in [1.54, 1.807) is 0 Å². The molecular weight excluding hydrogens is 251 g/mol. The lowest BCUT2D eigenvalue weighted by Crippen LogP contribution is -1.76. The van der Waals surface area contributed by atoms with E-state index in [0.717, 1.165) is 21.2 Å². The minimum absolute atomic E-state index is 0.661. The van der Waals surface area contributed by atoms with Crippen molar-refractivity contribution in [2.75, 3.05) is 0 Å². The van der Waals surface area contributed by atoms with E-state index in [4.69, 9.17) is 16.0 Å². The summed E-state index contributed by atoms with van der Waals surface area (Å²) in [6.45, 7) is 4.06. The minimum atomic E-state index is 0.661. The molecule has 0 aliphatic heterocycles. The molecule has 0 unspecified atom stereocenters.